The van der Waals surface area contributed by atoms with E-state index >= 15 is 0 Å². The minimum absolute atomic E-state index is 0.202. The number of nitrogen functional groups attached to an aromatic ring is 1. The van der Waals surface area contributed by atoms with Crippen molar-refractivity contribution in [2.24, 2.45) is 11.1 Å². The number of primary amides is 1. The molecule has 1 heterocycles. The lowest BCUT2D eigenvalue weighted by molar-refractivity contribution is 0.0300. The summed E-state index contributed by atoms with van der Waals surface area (Å²) in [6, 6.07) is 5.29. The summed E-state index contributed by atoms with van der Waals surface area (Å²) in [5.41, 5.74) is 13.0. The van der Waals surface area contributed by atoms with Crippen molar-refractivity contribution in [3.63, 3.8) is 0 Å². The fourth-order valence-corrected chi connectivity index (χ4v) is 2.28. The minimum atomic E-state index is -0.501. The number of carbonyl (C=O) groups is 1. The van der Waals surface area contributed by atoms with Crippen molar-refractivity contribution in [1.29, 1.82) is 0 Å². The average Bonchev–Trinajstić information content (AvgIpc) is 2.38. The number of anilines is 2. The van der Waals surface area contributed by atoms with Gasteiger partial charge in [0, 0.05) is 19.8 Å². The molecule has 1 amide bonds. The number of benzene rings is 1. The molecule has 5 N–H and O–H groups in total. The number of carbonyl (C=O) groups excluding carboxylic acids is 1. The average molecular weight is 263 g/mol. The molecule has 1 aromatic rings. The van der Waals surface area contributed by atoms with E-state index in [1.165, 1.54) is 0 Å². The largest absolute Gasteiger partial charge is 0.396 e. The van der Waals surface area contributed by atoms with Gasteiger partial charge >= 0.3 is 0 Å². The van der Waals surface area contributed by atoms with Crippen molar-refractivity contribution in [2.45, 2.75) is 19.8 Å². The predicted molar refractivity (Wildman–Crippen MR) is 76.0 cm³/mol. The van der Waals surface area contributed by atoms with E-state index in [1.54, 1.807) is 12.1 Å². The quantitative estimate of drug-likeness (QED) is 0.720. The molecule has 5 heteroatoms. The van der Waals surface area contributed by atoms with Crippen molar-refractivity contribution in [1.82, 2.24) is 0 Å². The molecular weight excluding hydrogens is 242 g/mol. The van der Waals surface area contributed by atoms with Gasteiger partial charge in [0.25, 0.3) is 5.91 Å². The zero-order valence-corrected chi connectivity index (χ0v) is 11.2. The maximum Gasteiger partial charge on any atom is 0.250 e. The smallest absolute Gasteiger partial charge is 0.250 e. The molecule has 1 fully saturated rings. The molecule has 0 unspecified atom stereocenters. The molecule has 1 aliphatic rings. The number of rotatable bonds is 4. The Hall–Kier alpha value is -1.75. The van der Waals surface area contributed by atoms with E-state index in [2.05, 4.69) is 12.2 Å². The number of para-hydroxylation sites is 1. The van der Waals surface area contributed by atoms with Crippen LogP contribution in [-0.4, -0.2) is 25.7 Å². The molecule has 104 valence electrons. The first-order chi connectivity index (χ1) is 9.02. The summed E-state index contributed by atoms with van der Waals surface area (Å²) >= 11 is 0. The van der Waals surface area contributed by atoms with Crippen LogP contribution in [0.15, 0.2) is 18.2 Å². The van der Waals surface area contributed by atoms with Gasteiger partial charge in [0.2, 0.25) is 0 Å². The van der Waals surface area contributed by atoms with Crippen LogP contribution in [0.1, 0.15) is 30.1 Å². The van der Waals surface area contributed by atoms with Crippen LogP contribution in [0.25, 0.3) is 0 Å². The SMILES string of the molecule is CC1(CNc2cccc(C(N)=O)c2N)CCOCC1. The highest BCUT2D eigenvalue weighted by atomic mass is 16.5. The third kappa shape index (κ3) is 3.17. The maximum atomic E-state index is 11.2. The normalized spacial score (nSPS) is 17.9. The Balaban J connectivity index is 2.07. The van der Waals surface area contributed by atoms with Crippen LogP contribution in [0.4, 0.5) is 11.4 Å². The summed E-state index contributed by atoms with van der Waals surface area (Å²) in [7, 11) is 0. The molecule has 1 aliphatic heterocycles. The van der Waals surface area contributed by atoms with E-state index in [9.17, 15) is 4.79 Å². The molecule has 0 spiro atoms. The van der Waals surface area contributed by atoms with Gasteiger partial charge in [-0.1, -0.05) is 13.0 Å². The predicted octanol–water partition coefficient (Wildman–Crippen LogP) is 1.60. The Morgan fingerprint density at radius 1 is 1.42 bits per heavy atom. The number of ether oxygens (including phenoxy) is 1. The van der Waals surface area contributed by atoms with Crippen molar-refractivity contribution in [3.8, 4) is 0 Å². The molecule has 19 heavy (non-hydrogen) atoms. The Morgan fingerprint density at radius 2 is 2.11 bits per heavy atom. The Labute approximate surface area is 113 Å². The number of hydrogen-bond acceptors (Lipinski definition) is 4. The van der Waals surface area contributed by atoms with Crippen molar-refractivity contribution >= 4 is 17.3 Å². The molecule has 0 aliphatic carbocycles. The van der Waals surface area contributed by atoms with Crippen LogP contribution in [0.2, 0.25) is 0 Å². The molecule has 0 bridgehead atoms. The van der Waals surface area contributed by atoms with E-state index in [4.69, 9.17) is 16.2 Å². The Bertz CT molecular complexity index is 468. The Kier molecular flexibility index (Phi) is 3.95. The first kappa shape index (κ1) is 13.7. The summed E-state index contributed by atoms with van der Waals surface area (Å²) in [4.78, 5) is 11.2. The standard InChI is InChI=1S/C14H21N3O2/c1-14(5-7-19-8-6-14)9-17-11-4-2-3-10(12(11)15)13(16)18/h2-4,17H,5-9,15H2,1H3,(H2,16,18). The number of hydrogen-bond donors (Lipinski definition) is 3. The van der Waals surface area contributed by atoms with Crippen molar-refractivity contribution < 1.29 is 9.53 Å². The third-order valence-electron chi connectivity index (χ3n) is 3.78. The van der Waals surface area contributed by atoms with E-state index < -0.39 is 5.91 Å². The fraction of sp³-hybridized carbons (Fsp3) is 0.500. The van der Waals surface area contributed by atoms with Crippen LogP contribution in [-0.2, 0) is 4.74 Å². The van der Waals surface area contributed by atoms with Crippen LogP contribution < -0.4 is 16.8 Å². The number of nitrogens with one attached hydrogen (secondary N) is 1. The second kappa shape index (κ2) is 5.48. The zero-order valence-electron chi connectivity index (χ0n) is 11.2. The highest BCUT2D eigenvalue weighted by molar-refractivity contribution is 6.00. The highest BCUT2D eigenvalue weighted by Crippen LogP contribution is 2.31. The lowest BCUT2D eigenvalue weighted by atomic mass is 9.82. The van der Waals surface area contributed by atoms with Gasteiger partial charge in [0.05, 0.1) is 16.9 Å². The molecular formula is C14H21N3O2. The van der Waals surface area contributed by atoms with Gasteiger partial charge < -0.3 is 21.5 Å². The van der Waals surface area contributed by atoms with Gasteiger partial charge in [-0.2, -0.15) is 0 Å². The number of amides is 1. The van der Waals surface area contributed by atoms with Crippen LogP contribution >= 0.6 is 0 Å². The molecule has 0 aromatic heterocycles. The van der Waals surface area contributed by atoms with E-state index in [-0.39, 0.29) is 5.41 Å². The first-order valence-corrected chi connectivity index (χ1v) is 6.52. The van der Waals surface area contributed by atoms with Gasteiger partial charge in [0.15, 0.2) is 0 Å². The zero-order chi connectivity index (χ0) is 13.9. The second-order valence-corrected chi connectivity index (χ2v) is 5.41. The summed E-state index contributed by atoms with van der Waals surface area (Å²) in [5.74, 6) is -0.501. The maximum absolute atomic E-state index is 11.2. The van der Waals surface area contributed by atoms with Gasteiger partial charge in [-0.15, -0.1) is 0 Å². The third-order valence-corrected chi connectivity index (χ3v) is 3.78. The molecule has 0 radical (unpaired) electrons. The molecule has 1 saturated heterocycles. The molecule has 5 nitrogen and oxygen atoms in total. The Morgan fingerprint density at radius 3 is 2.74 bits per heavy atom. The topological polar surface area (TPSA) is 90.4 Å². The monoisotopic (exact) mass is 263 g/mol. The molecule has 0 saturated carbocycles. The van der Waals surface area contributed by atoms with Crippen LogP contribution in [0.5, 0.6) is 0 Å². The van der Waals surface area contributed by atoms with Crippen molar-refractivity contribution in [2.75, 3.05) is 30.8 Å². The van der Waals surface area contributed by atoms with Gasteiger partial charge in [-0.05, 0) is 30.4 Å². The summed E-state index contributed by atoms with van der Waals surface area (Å²) in [6.45, 7) is 4.64. The van der Waals surface area contributed by atoms with Gasteiger partial charge in [-0.3, -0.25) is 4.79 Å². The van der Waals surface area contributed by atoms with Gasteiger partial charge in [0.1, 0.15) is 0 Å². The minimum Gasteiger partial charge on any atom is -0.396 e. The molecule has 0 atom stereocenters. The number of nitrogens with two attached hydrogens (primary N) is 2. The lowest BCUT2D eigenvalue weighted by Crippen LogP contribution is -2.33. The first-order valence-electron chi connectivity index (χ1n) is 6.52. The summed E-state index contributed by atoms with van der Waals surface area (Å²) in [6.07, 6.45) is 2.05. The fourth-order valence-electron chi connectivity index (χ4n) is 2.28. The van der Waals surface area contributed by atoms with E-state index in [1.807, 2.05) is 6.07 Å². The van der Waals surface area contributed by atoms with Crippen LogP contribution in [0.3, 0.4) is 0 Å². The second-order valence-electron chi connectivity index (χ2n) is 5.41. The summed E-state index contributed by atoms with van der Waals surface area (Å²) in [5, 5.41) is 3.33. The highest BCUT2D eigenvalue weighted by Gasteiger charge is 2.27. The van der Waals surface area contributed by atoms with E-state index in [0.717, 1.165) is 38.3 Å². The lowest BCUT2D eigenvalue weighted by Gasteiger charge is -2.34. The molecule has 1 aromatic carbocycles. The van der Waals surface area contributed by atoms with Crippen molar-refractivity contribution in [3.05, 3.63) is 23.8 Å². The van der Waals surface area contributed by atoms with Gasteiger partial charge in [-0.25, -0.2) is 0 Å². The van der Waals surface area contributed by atoms with Crippen LogP contribution in [0, 0.1) is 5.41 Å². The molecule has 2 rings (SSSR count). The van der Waals surface area contributed by atoms with E-state index in [0.29, 0.717) is 11.3 Å². The summed E-state index contributed by atoms with van der Waals surface area (Å²) < 4.78 is 5.38.